The van der Waals surface area contributed by atoms with Gasteiger partial charge in [-0.15, -0.1) is 0 Å². The number of hydrogen-bond donors (Lipinski definition) is 1. The van der Waals surface area contributed by atoms with Gasteiger partial charge in [0.2, 0.25) is 0 Å². The van der Waals surface area contributed by atoms with Gasteiger partial charge < -0.3 is 9.73 Å². The number of aryl methyl sites for hydroxylation is 2. The van der Waals surface area contributed by atoms with Crippen molar-refractivity contribution >= 4 is 17.7 Å². The Morgan fingerprint density at radius 3 is 2.96 bits per heavy atom. The SMILES string of the molecule is CCCCSCc1cc(C(=O)N[C@@H](C)c2cnn(C)c2)oc1C. The van der Waals surface area contributed by atoms with E-state index in [1.165, 1.54) is 12.8 Å². The number of carbonyl (C=O) groups is 1. The first-order valence-corrected chi connectivity index (χ1v) is 9.13. The molecule has 0 saturated heterocycles. The van der Waals surface area contributed by atoms with E-state index in [2.05, 4.69) is 17.3 Å². The number of aromatic nitrogens is 2. The number of carbonyl (C=O) groups excluding carboxylic acids is 1. The van der Waals surface area contributed by atoms with Crippen molar-refractivity contribution in [2.24, 2.45) is 7.05 Å². The average molecular weight is 335 g/mol. The van der Waals surface area contributed by atoms with Crippen LogP contribution in [-0.4, -0.2) is 21.4 Å². The summed E-state index contributed by atoms with van der Waals surface area (Å²) in [5.74, 6) is 3.05. The first-order chi connectivity index (χ1) is 11.0. The Labute approximate surface area is 141 Å². The molecule has 5 nitrogen and oxygen atoms in total. The second-order valence-corrected chi connectivity index (χ2v) is 6.85. The van der Waals surface area contributed by atoms with E-state index < -0.39 is 0 Å². The van der Waals surface area contributed by atoms with Crippen LogP contribution in [0, 0.1) is 6.92 Å². The van der Waals surface area contributed by atoms with E-state index in [-0.39, 0.29) is 11.9 Å². The number of hydrogen-bond acceptors (Lipinski definition) is 4. The molecule has 2 rings (SSSR count). The van der Waals surface area contributed by atoms with Crippen molar-refractivity contribution < 1.29 is 9.21 Å². The fourth-order valence-corrected chi connectivity index (χ4v) is 3.36. The quantitative estimate of drug-likeness (QED) is 0.745. The minimum absolute atomic E-state index is 0.107. The van der Waals surface area contributed by atoms with E-state index in [4.69, 9.17) is 4.42 Å². The number of thioether (sulfide) groups is 1. The zero-order valence-corrected chi connectivity index (χ0v) is 15.1. The summed E-state index contributed by atoms with van der Waals surface area (Å²) >= 11 is 1.88. The molecule has 1 atom stereocenters. The molecule has 1 N–H and O–H groups in total. The predicted molar refractivity (Wildman–Crippen MR) is 93.6 cm³/mol. The van der Waals surface area contributed by atoms with E-state index in [9.17, 15) is 4.79 Å². The molecule has 0 spiro atoms. The Bertz CT molecular complexity index is 648. The van der Waals surface area contributed by atoms with Gasteiger partial charge in [-0.1, -0.05) is 13.3 Å². The highest BCUT2D eigenvalue weighted by atomic mass is 32.2. The van der Waals surface area contributed by atoms with Crippen molar-refractivity contribution in [3.05, 3.63) is 41.1 Å². The van der Waals surface area contributed by atoms with E-state index >= 15 is 0 Å². The predicted octanol–water partition coefficient (Wildman–Crippen LogP) is 3.85. The summed E-state index contributed by atoms with van der Waals surface area (Å²) in [7, 11) is 1.86. The monoisotopic (exact) mass is 335 g/mol. The second kappa shape index (κ2) is 8.24. The number of amides is 1. The molecule has 23 heavy (non-hydrogen) atoms. The lowest BCUT2D eigenvalue weighted by Crippen LogP contribution is -2.26. The molecular weight excluding hydrogens is 310 g/mol. The van der Waals surface area contributed by atoms with Crippen LogP contribution in [-0.2, 0) is 12.8 Å². The van der Waals surface area contributed by atoms with Gasteiger partial charge in [-0.2, -0.15) is 16.9 Å². The van der Waals surface area contributed by atoms with Crippen LogP contribution in [0.5, 0.6) is 0 Å². The van der Waals surface area contributed by atoms with Crippen LogP contribution in [0.4, 0.5) is 0 Å². The number of rotatable bonds is 8. The van der Waals surface area contributed by atoms with E-state index in [0.29, 0.717) is 5.76 Å². The maximum atomic E-state index is 12.3. The van der Waals surface area contributed by atoms with Gasteiger partial charge in [-0.3, -0.25) is 9.48 Å². The van der Waals surface area contributed by atoms with Gasteiger partial charge in [0.1, 0.15) is 5.76 Å². The zero-order chi connectivity index (χ0) is 16.8. The smallest absolute Gasteiger partial charge is 0.287 e. The third kappa shape index (κ3) is 4.89. The molecule has 0 saturated carbocycles. The van der Waals surface area contributed by atoms with Crippen LogP contribution in [0.2, 0.25) is 0 Å². The first-order valence-electron chi connectivity index (χ1n) is 7.97. The Kier molecular flexibility index (Phi) is 6.33. The number of nitrogens with one attached hydrogen (secondary N) is 1. The highest BCUT2D eigenvalue weighted by Gasteiger charge is 2.17. The van der Waals surface area contributed by atoms with Gasteiger partial charge >= 0.3 is 0 Å². The largest absolute Gasteiger partial charge is 0.456 e. The van der Waals surface area contributed by atoms with E-state index in [1.807, 2.05) is 44.9 Å². The standard InChI is InChI=1S/C17H25N3O2S/c1-5-6-7-23-11-14-8-16(22-13(14)3)17(21)19-12(2)15-9-18-20(4)10-15/h8-10,12H,5-7,11H2,1-4H3,(H,19,21)/t12-/m0/s1. The van der Waals surface area contributed by atoms with Crippen molar-refractivity contribution in [3.63, 3.8) is 0 Å². The third-order valence-electron chi connectivity index (χ3n) is 3.72. The molecule has 0 bridgehead atoms. The molecule has 126 valence electrons. The molecule has 2 aromatic heterocycles. The van der Waals surface area contributed by atoms with Crippen LogP contribution < -0.4 is 5.32 Å². The minimum atomic E-state index is -0.186. The third-order valence-corrected chi connectivity index (χ3v) is 4.81. The van der Waals surface area contributed by atoms with E-state index in [0.717, 1.165) is 28.4 Å². The van der Waals surface area contributed by atoms with Crippen LogP contribution in [0.1, 0.15) is 60.2 Å². The molecule has 0 unspecified atom stereocenters. The van der Waals surface area contributed by atoms with Crippen LogP contribution >= 0.6 is 11.8 Å². The van der Waals surface area contributed by atoms with Gasteiger partial charge in [0.25, 0.3) is 5.91 Å². The maximum absolute atomic E-state index is 12.3. The highest BCUT2D eigenvalue weighted by Crippen LogP contribution is 2.22. The zero-order valence-electron chi connectivity index (χ0n) is 14.3. The molecule has 0 aliphatic heterocycles. The van der Waals surface area contributed by atoms with Crippen molar-refractivity contribution in [2.75, 3.05) is 5.75 Å². The van der Waals surface area contributed by atoms with Gasteiger partial charge in [-0.25, -0.2) is 0 Å². The molecule has 1 amide bonds. The Balaban J connectivity index is 1.94. The molecule has 0 fully saturated rings. The summed E-state index contributed by atoms with van der Waals surface area (Å²) in [6.07, 6.45) is 6.08. The van der Waals surface area contributed by atoms with Crippen LogP contribution in [0.3, 0.4) is 0 Å². The lowest BCUT2D eigenvalue weighted by molar-refractivity contribution is 0.0910. The highest BCUT2D eigenvalue weighted by molar-refractivity contribution is 7.98. The summed E-state index contributed by atoms with van der Waals surface area (Å²) in [5.41, 5.74) is 2.07. The Hall–Kier alpha value is -1.69. The fraction of sp³-hybridized carbons (Fsp3) is 0.529. The van der Waals surface area contributed by atoms with Crippen LogP contribution in [0.25, 0.3) is 0 Å². The Morgan fingerprint density at radius 1 is 1.52 bits per heavy atom. The molecule has 2 aromatic rings. The van der Waals surface area contributed by atoms with Crippen molar-refractivity contribution in [2.45, 2.75) is 45.4 Å². The number of furan rings is 1. The Morgan fingerprint density at radius 2 is 2.30 bits per heavy atom. The minimum Gasteiger partial charge on any atom is -0.456 e. The molecule has 2 heterocycles. The van der Waals surface area contributed by atoms with Crippen molar-refractivity contribution in [1.29, 1.82) is 0 Å². The summed E-state index contributed by atoms with van der Waals surface area (Å²) in [5, 5.41) is 7.07. The number of unbranched alkanes of at least 4 members (excludes halogenated alkanes) is 1. The van der Waals surface area contributed by atoms with Crippen molar-refractivity contribution in [3.8, 4) is 0 Å². The van der Waals surface area contributed by atoms with Gasteiger partial charge in [0.15, 0.2) is 5.76 Å². The second-order valence-electron chi connectivity index (χ2n) is 5.74. The molecular formula is C17H25N3O2S. The molecule has 6 heteroatoms. The molecule has 0 aliphatic carbocycles. The lowest BCUT2D eigenvalue weighted by atomic mass is 10.2. The maximum Gasteiger partial charge on any atom is 0.287 e. The van der Waals surface area contributed by atoms with Gasteiger partial charge in [-0.05, 0) is 32.1 Å². The molecule has 0 radical (unpaired) electrons. The normalized spacial score (nSPS) is 12.3. The first kappa shape index (κ1) is 17.7. The summed E-state index contributed by atoms with van der Waals surface area (Å²) in [6.45, 7) is 6.04. The van der Waals surface area contributed by atoms with Gasteiger partial charge in [0.05, 0.1) is 12.2 Å². The fourth-order valence-electron chi connectivity index (χ4n) is 2.22. The summed E-state index contributed by atoms with van der Waals surface area (Å²) < 4.78 is 7.35. The summed E-state index contributed by atoms with van der Waals surface area (Å²) in [4.78, 5) is 12.3. The van der Waals surface area contributed by atoms with Crippen LogP contribution in [0.15, 0.2) is 22.9 Å². The number of nitrogens with zero attached hydrogens (tertiary/aromatic N) is 2. The van der Waals surface area contributed by atoms with Crippen molar-refractivity contribution in [1.82, 2.24) is 15.1 Å². The van der Waals surface area contributed by atoms with E-state index in [1.54, 1.807) is 10.9 Å². The summed E-state index contributed by atoms with van der Waals surface area (Å²) in [6, 6.07) is 1.75. The van der Waals surface area contributed by atoms with Gasteiger partial charge in [0, 0.05) is 30.1 Å². The average Bonchev–Trinajstić information content (AvgIpc) is 3.10. The topological polar surface area (TPSA) is 60.1 Å². The lowest BCUT2D eigenvalue weighted by Gasteiger charge is -2.10. The molecule has 0 aliphatic rings. The molecule has 0 aromatic carbocycles.